The minimum Gasteiger partial charge on any atom is -0.358 e. The monoisotopic (exact) mass is 287 g/mol. The number of nitrogens with zero attached hydrogens (tertiary/aromatic N) is 1. The van der Waals surface area contributed by atoms with Crippen molar-refractivity contribution in [2.24, 2.45) is 0 Å². The average molecular weight is 287 g/mol. The molecule has 0 bridgehead atoms. The second-order valence-electron chi connectivity index (χ2n) is 4.07. The summed E-state index contributed by atoms with van der Waals surface area (Å²) in [5, 5.41) is 17.1. The maximum atomic E-state index is 10.9. The van der Waals surface area contributed by atoms with E-state index < -0.39 is 4.92 Å². The molecule has 0 aliphatic carbocycles. The summed E-state index contributed by atoms with van der Waals surface area (Å²) in [6.07, 6.45) is 0. The van der Waals surface area contributed by atoms with Gasteiger partial charge >= 0.3 is 0 Å². The van der Waals surface area contributed by atoms with E-state index in [1.807, 2.05) is 30.3 Å². The zero-order valence-electron chi connectivity index (χ0n) is 10.6. The second kappa shape index (κ2) is 6.63. The molecule has 0 aliphatic heterocycles. The molecular weight excluding hydrogens is 274 g/mol. The minimum atomic E-state index is -0.442. The van der Waals surface area contributed by atoms with Gasteiger partial charge in [-0.2, -0.15) is 0 Å². The van der Waals surface area contributed by atoms with E-state index in [0.717, 1.165) is 5.56 Å². The molecule has 5 nitrogen and oxygen atoms in total. The van der Waals surface area contributed by atoms with Crippen LogP contribution in [0, 0.1) is 10.1 Å². The number of benzene rings is 2. The van der Waals surface area contributed by atoms with Crippen LogP contribution in [-0.2, 0) is 6.54 Å². The van der Waals surface area contributed by atoms with Crippen LogP contribution in [0.5, 0.6) is 0 Å². The van der Waals surface area contributed by atoms with Crippen LogP contribution < -0.4 is 10.6 Å². The van der Waals surface area contributed by atoms with Crippen molar-refractivity contribution in [2.45, 2.75) is 6.54 Å². The smallest absolute Gasteiger partial charge is 0.292 e. The van der Waals surface area contributed by atoms with Crippen LogP contribution in [0.2, 0.25) is 0 Å². The van der Waals surface area contributed by atoms with Crippen molar-refractivity contribution in [3.8, 4) is 0 Å². The van der Waals surface area contributed by atoms with E-state index in [0.29, 0.717) is 17.3 Å². The largest absolute Gasteiger partial charge is 0.358 e. The number of thiocarbonyl (C=S) groups is 1. The summed E-state index contributed by atoms with van der Waals surface area (Å²) in [5.74, 6) is 0. The highest BCUT2D eigenvalue weighted by molar-refractivity contribution is 7.80. The van der Waals surface area contributed by atoms with Gasteiger partial charge < -0.3 is 10.6 Å². The number of nitro groups is 1. The second-order valence-corrected chi connectivity index (χ2v) is 4.48. The molecule has 0 amide bonds. The molecule has 0 saturated heterocycles. The Labute approximate surface area is 121 Å². The lowest BCUT2D eigenvalue weighted by Gasteiger charge is -2.10. The number of anilines is 1. The van der Waals surface area contributed by atoms with Gasteiger partial charge in [-0.1, -0.05) is 42.5 Å². The standard InChI is InChI=1S/C14H13N3O2S/c18-17(19)13-9-5-4-8-12(13)16-14(20)15-10-11-6-2-1-3-7-11/h1-9H,10H2,(H2,15,16,20). The lowest BCUT2D eigenvalue weighted by atomic mass is 10.2. The first-order valence-corrected chi connectivity index (χ1v) is 6.40. The fourth-order valence-corrected chi connectivity index (χ4v) is 1.87. The topological polar surface area (TPSA) is 67.2 Å². The summed E-state index contributed by atoms with van der Waals surface area (Å²) in [7, 11) is 0. The van der Waals surface area contributed by atoms with Crippen LogP contribution in [0.15, 0.2) is 54.6 Å². The highest BCUT2D eigenvalue weighted by Gasteiger charge is 2.12. The summed E-state index contributed by atoms with van der Waals surface area (Å²) in [5.41, 5.74) is 1.46. The zero-order chi connectivity index (χ0) is 14.4. The number of nitrogens with one attached hydrogen (secondary N) is 2. The van der Waals surface area contributed by atoms with Crippen LogP contribution in [-0.4, -0.2) is 10.0 Å². The van der Waals surface area contributed by atoms with E-state index in [9.17, 15) is 10.1 Å². The minimum absolute atomic E-state index is 0.00337. The molecule has 0 unspecified atom stereocenters. The van der Waals surface area contributed by atoms with Gasteiger partial charge in [0.05, 0.1) is 4.92 Å². The molecule has 2 rings (SSSR count). The molecule has 102 valence electrons. The molecule has 0 spiro atoms. The molecule has 20 heavy (non-hydrogen) atoms. The van der Waals surface area contributed by atoms with Gasteiger partial charge in [-0.25, -0.2) is 0 Å². The predicted molar refractivity (Wildman–Crippen MR) is 82.6 cm³/mol. The predicted octanol–water partition coefficient (Wildman–Crippen LogP) is 3.08. The van der Waals surface area contributed by atoms with E-state index >= 15 is 0 Å². The fourth-order valence-electron chi connectivity index (χ4n) is 1.68. The van der Waals surface area contributed by atoms with E-state index in [1.165, 1.54) is 6.07 Å². The van der Waals surface area contributed by atoms with Crippen LogP contribution in [0.3, 0.4) is 0 Å². The van der Waals surface area contributed by atoms with Crippen molar-refractivity contribution in [2.75, 3.05) is 5.32 Å². The van der Waals surface area contributed by atoms with Gasteiger partial charge in [0.25, 0.3) is 5.69 Å². The van der Waals surface area contributed by atoms with Crippen molar-refractivity contribution in [1.29, 1.82) is 0 Å². The SMILES string of the molecule is O=[N+]([O-])c1ccccc1NC(=S)NCc1ccccc1. The van der Waals surface area contributed by atoms with Crippen molar-refractivity contribution < 1.29 is 4.92 Å². The summed E-state index contributed by atoms with van der Waals surface area (Å²) >= 11 is 5.14. The molecule has 2 aromatic carbocycles. The van der Waals surface area contributed by atoms with Gasteiger partial charge in [-0.15, -0.1) is 0 Å². The molecule has 0 aliphatic rings. The highest BCUT2D eigenvalue weighted by atomic mass is 32.1. The molecule has 0 radical (unpaired) electrons. The molecule has 0 saturated carbocycles. The number of rotatable bonds is 4. The molecule has 2 aromatic rings. The Kier molecular flexibility index (Phi) is 4.62. The Balaban J connectivity index is 1.97. The van der Waals surface area contributed by atoms with E-state index in [-0.39, 0.29) is 5.69 Å². The lowest BCUT2D eigenvalue weighted by molar-refractivity contribution is -0.383. The van der Waals surface area contributed by atoms with Crippen LogP contribution in [0.4, 0.5) is 11.4 Å². The number of hydrogen-bond donors (Lipinski definition) is 2. The first kappa shape index (κ1) is 14.0. The maximum absolute atomic E-state index is 10.9. The van der Waals surface area contributed by atoms with Crippen LogP contribution >= 0.6 is 12.2 Å². The van der Waals surface area contributed by atoms with Gasteiger partial charge in [0.15, 0.2) is 5.11 Å². The highest BCUT2D eigenvalue weighted by Crippen LogP contribution is 2.22. The van der Waals surface area contributed by atoms with Crippen molar-refractivity contribution in [3.05, 3.63) is 70.3 Å². The Hall–Kier alpha value is -2.47. The lowest BCUT2D eigenvalue weighted by Crippen LogP contribution is -2.28. The van der Waals surface area contributed by atoms with Crippen LogP contribution in [0.1, 0.15) is 5.56 Å². The van der Waals surface area contributed by atoms with Crippen molar-refractivity contribution in [3.63, 3.8) is 0 Å². The molecule has 2 N–H and O–H groups in total. The summed E-state index contributed by atoms with van der Waals surface area (Å²) in [6, 6.07) is 16.1. The third kappa shape index (κ3) is 3.76. The summed E-state index contributed by atoms with van der Waals surface area (Å²) in [6.45, 7) is 0.563. The molecule has 0 heterocycles. The molecule has 0 aromatic heterocycles. The molecule has 0 atom stereocenters. The zero-order valence-corrected chi connectivity index (χ0v) is 11.4. The Bertz CT molecular complexity index is 617. The van der Waals surface area contributed by atoms with Crippen molar-refractivity contribution in [1.82, 2.24) is 5.32 Å². The van der Waals surface area contributed by atoms with Gasteiger partial charge in [-0.05, 0) is 23.8 Å². The first-order valence-electron chi connectivity index (χ1n) is 5.99. The molecule has 0 fully saturated rings. The quantitative estimate of drug-likeness (QED) is 0.514. The molecular formula is C14H13N3O2S. The third-order valence-corrected chi connectivity index (χ3v) is 2.89. The number of para-hydroxylation sites is 2. The normalized spacial score (nSPS) is 9.80. The Morgan fingerprint density at radius 3 is 2.45 bits per heavy atom. The summed E-state index contributed by atoms with van der Waals surface area (Å²) in [4.78, 5) is 10.4. The number of nitro benzene ring substituents is 1. The maximum Gasteiger partial charge on any atom is 0.292 e. The van der Waals surface area contributed by atoms with Crippen molar-refractivity contribution >= 4 is 28.7 Å². The fraction of sp³-hybridized carbons (Fsp3) is 0.0714. The van der Waals surface area contributed by atoms with Gasteiger partial charge in [0, 0.05) is 12.6 Å². The third-order valence-electron chi connectivity index (χ3n) is 2.64. The average Bonchev–Trinajstić information content (AvgIpc) is 2.46. The Morgan fingerprint density at radius 2 is 1.75 bits per heavy atom. The number of hydrogen-bond acceptors (Lipinski definition) is 3. The van der Waals surface area contributed by atoms with Gasteiger partial charge in [-0.3, -0.25) is 10.1 Å². The summed E-state index contributed by atoms with van der Waals surface area (Å²) < 4.78 is 0. The first-order chi connectivity index (χ1) is 9.66. The van der Waals surface area contributed by atoms with E-state index in [4.69, 9.17) is 12.2 Å². The van der Waals surface area contributed by atoms with Gasteiger partial charge in [0.2, 0.25) is 0 Å². The Morgan fingerprint density at radius 1 is 1.10 bits per heavy atom. The van der Waals surface area contributed by atoms with E-state index in [2.05, 4.69) is 10.6 Å². The van der Waals surface area contributed by atoms with E-state index in [1.54, 1.807) is 18.2 Å². The van der Waals surface area contributed by atoms with Gasteiger partial charge in [0.1, 0.15) is 5.69 Å². The molecule has 6 heteroatoms. The van der Waals surface area contributed by atoms with Crippen LogP contribution in [0.25, 0.3) is 0 Å².